The minimum absolute atomic E-state index is 0.0393. The SMILES string of the molecule is CC(Cn1ccnc1)NC(C)c1cc(F)c(Cl)cc1Cl. The Morgan fingerprint density at radius 1 is 1.30 bits per heavy atom. The molecule has 0 spiro atoms. The average molecular weight is 316 g/mol. The second-order valence-electron chi connectivity index (χ2n) is 4.84. The molecule has 0 fully saturated rings. The highest BCUT2D eigenvalue weighted by atomic mass is 35.5. The quantitative estimate of drug-likeness (QED) is 0.843. The Kier molecular flexibility index (Phi) is 5.02. The number of nitrogens with one attached hydrogen (secondary N) is 1. The predicted octanol–water partition coefficient (Wildman–Crippen LogP) is 4.07. The van der Waals surface area contributed by atoms with Crippen LogP contribution in [0.5, 0.6) is 0 Å². The third-order valence-electron chi connectivity index (χ3n) is 3.08. The molecule has 2 unspecified atom stereocenters. The standard InChI is InChI=1S/C14H16Cl2FN3/c1-9(7-20-4-3-18-8-20)19-10(2)11-5-14(17)13(16)6-12(11)15/h3-6,8-10,19H,7H2,1-2H3. The molecular formula is C14H16Cl2FN3. The number of aromatic nitrogens is 2. The van der Waals surface area contributed by atoms with E-state index in [0.29, 0.717) is 10.6 Å². The maximum absolute atomic E-state index is 13.5. The monoisotopic (exact) mass is 315 g/mol. The number of rotatable bonds is 5. The van der Waals surface area contributed by atoms with Gasteiger partial charge < -0.3 is 9.88 Å². The van der Waals surface area contributed by atoms with Crippen LogP contribution in [-0.2, 0) is 6.54 Å². The molecule has 0 saturated carbocycles. The Labute approximate surface area is 127 Å². The van der Waals surface area contributed by atoms with Gasteiger partial charge in [-0.05, 0) is 31.5 Å². The van der Waals surface area contributed by atoms with E-state index < -0.39 is 5.82 Å². The first kappa shape index (κ1) is 15.3. The molecule has 20 heavy (non-hydrogen) atoms. The number of halogens is 3. The molecule has 2 rings (SSSR count). The lowest BCUT2D eigenvalue weighted by Gasteiger charge is -2.21. The third-order valence-corrected chi connectivity index (χ3v) is 3.70. The molecule has 0 aliphatic rings. The molecule has 0 aliphatic heterocycles. The number of hydrogen-bond donors (Lipinski definition) is 1. The van der Waals surface area contributed by atoms with Gasteiger partial charge in [-0.1, -0.05) is 23.2 Å². The maximum atomic E-state index is 13.5. The van der Waals surface area contributed by atoms with Crippen LogP contribution in [0, 0.1) is 5.82 Å². The second-order valence-corrected chi connectivity index (χ2v) is 5.65. The average Bonchev–Trinajstić information content (AvgIpc) is 2.86. The van der Waals surface area contributed by atoms with Gasteiger partial charge in [0.2, 0.25) is 0 Å². The summed E-state index contributed by atoms with van der Waals surface area (Å²) >= 11 is 11.8. The van der Waals surface area contributed by atoms with Crippen molar-refractivity contribution in [1.29, 1.82) is 0 Å². The van der Waals surface area contributed by atoms with Crippen LogP contribution in [0.1, 0.15) is 25.5 Å². The Balaban J connectivity index is 2.04. The molecule has 0 amide bonds. The lowest BCUT2D eigenvalue weighted by Crippen LogP contribution is -2.32. The van der Waals surface area contributed by atoms with Crippen LogP contribution >= 0.6 is 23.2 Å². The van der Waals surface area contributed by atoms with Crippen LogP contribution in [0.3, 0.4) is 0 Å². The number of nitrogens with zero attached hydrogens (tertiary/aromatic N) is 2. The Morgan fingerprint density at radius 3 is 2.70 bits per heavy atom. The normalized spacial score (nSPS) is 14.2. The molecule has 1 heterocycles. The summed E-state index contributed by atoms with van der Waals surface area (Å²) in [4.78, 5) is 4.00. The molecule has 108 valence electrons. The van der Waals surface area contributed by atoms with E-state index in [1.807, 2.05) is 17.7 Å². The van der Waals surface area contributed by atoms with Gasteiger partial charge in [0, 0.05) is 36.0 Å². The van der Waals surface area contributed by atoms with Crippen LogP contribution in [-0.4, -0.2) is 15.6 Å². The van der Waals surface area contributed by atoms with Gasteiger partial charge in [0.15, 0.2) is 0 Å². The van der Waals surface area contributed by atoms with Gasteiger partial charge in [0.25, 0.3) is 0 Å². The largest absolute Gasteiger partial charge is 0.336 e. The maximum Gasteiger partial charge on any atom is 0.142 e. The summed E-state index contributed by atoms with van der Waals surface area (Å²) in [7, 11) is 0. The van der Waals surface area contributed by atoms with Crippen LogP contribution in [0.15, 0.2) is 30.9 Å². The molecule has 2 atom stereocenters. The number of hydrogen-bond acceptors (Lipinski definition) is 2. The summed E-state index contributed by atoms with van der Waals surface area (Å²) in [6, 6.07) is 2.93. The van der Waals surface area contributed by atoms with Crippen LogP contribution in [0.25, 0.3) is 0 Å². The molecule has 0 aliphatic carbocycles. The first-order valence-corrected chi connectivity index (χ1v) is 7.09. The smallest absolute Gasteiger partial charge is 0.142 e. The van der Waals surface area contributed by atoms with E-state index in [-0.39, 0.29) is 17.1 Å². The summed E-state index contributed by atoms with van der Waals surface area (Å²) < 4.78 is 15.5. The Hall–Kier alpha value is -1.10. The van der Waals surface area contributed by atoms with Crippen molar-refractivity contribution < 1.29 is 4.39 Å². The van der Waals surface area contributed by atoms with E-state index in [1.54, 1.807) is 12.5 Å². The van der Waals surface area contributed by atoms with E-state index in [4.69, 9.17) is 23.2 Å². The van der Waals surface area contributed by atoms with Crippen molar-refractivity contribution >= 4 is 23.2 Å². The fourth-order valence-electron chi connectivity index (χ4n) is 2.15. The van der Waals surface area contributed by atoms with Crippen molar-refractivity contribution in [2.45, 2.75) is 32.5 Å². The van der Waals surface area contributed by atoms with Gasteiger partial charge in [0.05, 0.1) is 11.3 Å². The van der Waals surface area contributed by atoms with Crippen molar-refractivity contribution in [1.82, 2.24) is 14.9 Å². The minimum atomic E-state index is -0.457. The fourth-order valence-corrected chi connectivity index (χ4v) is 2.70. The van der Waals surface area contributed by atoms with Crippen LogP contribution in [0.2, 0.25) is 10.0 Å². The summed E-state index contributed by atoms with van der Waals surface area (Å²) in [5.41, 5.74) is 0.700. The zero-order valence-corrected chi connectivity index (χ0v) is 12.8. The summed E-state index contributed by atoms with van der Waals surface area (Å²) in [6.45, 7) is 4.77. The second kappa shape index (κ2) is 6.57. The van der Waals surface area contributed by atoms with E-state index in [1.165, 1.54) is 12.1 Å². The Morgan fingerprint density at radius 2 is 2.05 bits per heavy atom. The van der Waals surface area contributed by atoms with E-state index in [9.17, 15) is 4.39 Å². The number of benzene rings is 1. The zero-order valence-electron chi connectivity index (χ0n) is 11.3. The van der Waals surface area contributed by atoms with Gasteiger partial charge >= 0.3 is 0 Å². The topological polar surface area (TPSA) is 29.9 Å². The zero-order chi connectivity index (χ0) is 14.7. The molecule has 0 radical (unpaired) electrons. The number of imidazole rings is 1. The Bertz CT molecular complexity index is 572. The molecule has 6 heteroatoms. The molecule has 1 aromatic carbocycles. The fraction of sp³-hybridized carbons (Fsp3) is 0.357. The highest BCUT2D eigenvalue weighted by molar-refractivity contribution is 6.35. The summed E-state index contributed by atoms with van der Waals surface area (Å²) in [5.74, 6) is -0.457. The van der Waals surface area contributed by atoms with Crippen molar-refractivity contribution in [2.75, 3.05) is 0 Å². The molecule has 1 aromatic heterocycles. The molecule has 1 N–H and O–H groups in total. The van der Waals surface area contributed by atoms with E-state index >= 15 is 0 Å². The first-order chi connectivity index (χ1) is 9.47. The van der Waals surface area contributed by atoms with E-state index in [2.05, 4.69) is 17.2 Å². The lowest BCUT2D eigenvalue weighted by molar-refractivity contribution is 0.429. The molecule has 0 saturated heterocycles. The summed E-state index contributed by atoms with van der Waals surface area (Å²) in [6.07, 6.45) is 5.40. The predicted molar refractivity (Wildman–Crippen MR) is 79.7 cm³/mol. The van der Waals surface area contributed by atoms with Crippen LogP contribution < -0.4 is 5.32 Å². The highest BCUT2D eigenvalue weighted by Crippen LogP contribution is 2.28. The van der Waals surface area contributed by atoms with Gasteiger partial charge in [-0.3, -0.25) is 0 Å². The molecule has 2 aromatic rings. The lowest BCUT2D eigenvalue weighted by atomic mass is 10.1. The highest BCUT2D eigenvalue weighted by Gasteiger charge is 2.15. The van der Waals surface area contributed by atoms with Crippen molar-refractivity contribution in [2.24, 2.45) is 0 Å². The van der Waals surface area contributed by atoms with Crippen LogP contribution in [0.4, 0.5) is 4.39 Å². The van der Waals surface area contributed by atoms with Gasteiger partial charge in [-0.15, -0.1) is 0 Å². The molecule has 3 nitrogen and oxygen atoms in total. The van der Waals surface area contributed by atoms with Crippen molar-refractivity contribution in [3.8, 4) is 0 Å². The van der Waals surface area contributed by atoms with Crippen molar-refractivity contribution in [3.63, 3.8) is 0 Å². The third kappa shape index (κ3) is 3.72. The van der Waals surface area contributed by atoms with Gasteiger partial charge in [0.1, 0.15) is 5.82 Å². The molecular weight excluding hydrogens is 300 g/mol. The molecule has 0 bridgehead atoms. The van der Waals surface area contributed by atoms with Gasteiger partial charge in [-0.2, -0.15) is 0 Å². The van der Waals surface area contributed by atoms with Crippen molar-refractivity contribution in [3.05, 3.63) is 52.3 Å². The van der Waals surface area contributed by atoms with E-state index in [0.717, 1.165) is 6.54 Å². The van der Waals surface area contributed by atoms with Gasteiger partial charge in [-0.25, -0.2) is 9.37 Å². The summed E-state index contributed by atoms with van der Waals surface area (Å²) in [5, 5.41) is 3.88. The first-order valence-electron chi connectivity index (χ1n) is 6.33. The minimum Gasteiger partial charge on any atom is -0.336 e.